The van der Waals surface area contributed by atoms with E-state index in [0.717, 1.165) is 0 Å². The van der Waals surface area contributed by atoms with E-state index in [9.17, 15) is 71.9 Å². The van der Waals surface area contributed by atoms with Gasteiger partial charge >= 0.3 is 53.7 Å². The van der Waals surface area contributed by atoms with Crippen LogP contribution in [0.15, 0.2) is 0 Å². The Labute approximate surface area is 823 Å². The quantitative estimate of drug-likeness (QED) is 0.0169. The number of esters is 9. The Balaban J connectivity index is 7.81. The largest absolute Gasteiger partial charge is 0.464 e. The Morgan fingerprint density at radius 3 is 0.591 bits per heavy atom. The maximum atomic E-state index is 14.3. The van der Waals surface area contributed by atoms with Crippen LogP contribution in [-0.2, 0) is 133 Å². The molecule has 44 heteroatoms. The molecular formula is C83H136Br9N7O28. The van der Waals surface area contributed by atoms with Crippen LogP contribution in [0.1, 0.15) is 204 Å². The molecule has 0 aromatic rings. The smallest absolute Gasteiger partial charge is 0.322 e. The summed E-state index contributed by atoms with van der Waals surface area (Å²) in [6.07, 6.45) is 1.06. The van der Waals surface area contributed by atoms with Gasteiger partial charge in [-0.05, 0) is 164 Å². The lowest BCUT2D eigenvalue weighted by molar-refractivity contribution is -0.172. The second kappa shape index (κ2) is 54.6. The summed E-state index contributed by atoms with van der Waals surface area (Å²) in [5, 5.41) is 20.2. The van der Waals surface area contributed by atoms with Crippen LogP contribution in [0, 0.1) is 21.7 Å². The van der Waals surface area contributed by atoms with E-state index in [0.29, 0.717) is 25.7 Å². The van der Waals surface area contributed by atoms with Gasteiger partial charge in [-0.25, -0.2) is 0 Å². The molecule has 0 spiro atoms. The van der Waals surface area contributed by atoms with Crippen LogP contribution < -0.4 is 37.2 Å². The first-order valence-electron chi connectivity index (χ1n) is 41.3. The molecule has 0 radical (unpaired) electrons. The first-order chi connectivity index (χ1) is 57.9. The van der Waals surface area contributed by atoms with Crippen molar-refractivity contribution in [3.05, 3.63) is 0 Å². The highest BCUT2D eigenvalue weighted by Gasteiger charge is 2.48. The molecule has 0 saturated carbocycles. The third-order valence-corrected chi connectivity index (χ3v) is 22.3. The van der Waals surface area contributed by atoms with E-state index in [2.05, 4.69) is 181 Å². The molecule has 0 aliphatic rings. The lowest BCUT2D eigenvalue weighted by atomic mass is 9.74. The average molecular weight is 2400 g/mol. The molecule has 0 heterocycles. The Morgan fingerprint density at radius 1 is 0.244 bits per heavy atom. The van der Waals surface area contributed by atoms with E-state index in [-0.39, 0.29) is 71.6 Å². The normalized spacial score (nSPS) is 13.0. The maximum Gasteiger partial charge on any atom is 0.322 e. The number of carbonyl (C=O) groups excluding carboxylic acids is 15. The number of hydrogen-bond donors (Lipinski definition) is 7. The molecule has 6 amide bonds. The van der Waals surface area contributed by atoms with E-state index >= 15 is 0 Å². The number of ether oxygens (including phenoxy) is 13. The number of rotatable bonds is 64. The standard InChI is InChI=1S/C83H136Br9N7O28/c1-24-82(25-2,93-23)53-127-83(26-3,27-4)37-78(38-97-54(100)28-31-94-57(103)34-115-41-79(44-118-60(106)69(5,6)84,45-119-61(107)70(7,8)85)46-120-62(108)71(9,10)86,39-98-55(101)29-32-95-58(104)35-116-42-80(47-121-63(109)72(11,12)87,48-122-64(110)73(13,14)88)49-123-65(111)74(15,16)89)40-99-56(102)30-33-96-59(105)36-117-43-81(50-124-66(112)75(17,18)90,51-125-67(113)76(19,20)91)52-126-68(114)77(21,22)92/h93H,24-53H2,1-23H3,(H,94,103)(H,95,104)(H,96,105)(H,97,100)(H,98,101)(H,99,102). The summed E-state index contributed by atoms with van der Waals surface area (Å²) in [6, 6.07) is 0. The number of alkyl halides is 9. The Kier molecular flexibility index (Phi) is 53.0. The topological polar surface area (TPSA) is 460 Å². The van der Waals surface area contributed by atoms with Crippen LogP contribution in [0.4, 0.5) is 0 Å². The molecule has 0 bridgehead atoms. The zero-order chi connectivity index (χ0) is 98.5. The fourth-order valence-electron chi connectivity index (χ4n) is 10.6. The molecule has 734 valence electrons. The van der Waals surface area contributed by atoms with Gasteiger partial charge in [0.2, 0.25) is 35.4 Å². The van der Waals surface area contributed by atoms with Crippen molar-refractivity contribution >= 4 is 233 Å². The van der Waals surface area contributed by atoms with Crippen molar-refractivity contribution in [2.45, 2.75) is 254 Å². The van der Waals surface area contributed by atoms with E-state index < -0.39 is 260 Å². The lowest BCUT2D eigenvalue weighted by Crippen LogP contribution is -2.57. The van der Waals surface area contributed by atoms with Gasteiger partial charge in [0.15, 0.2) is 0 Å². The van der Waals surface area contributed by atoms with Gasteiger partial charge in [0.05, 0.1) is 48.3 Å². The van der Waals surface area contributed by atoms with Crippen LogP contribution in [0.5, 0.6) is 0 Å². The minimum absolute atomic E-state index is 0.0510. The van der Waals surface area contributed by atoms with Crippen molar-refractivity contribution in [3.63, 3.8) is 0 Å². The second-order valence-corrected chi connectivity index (χ2v) is 54.0. The van der Waals surface area contributed by atoms with Crippen molar-refractivity contribution in [2.24, 2.45) is 21.7 Å². The second-order valence-electron chi connectivity index (χ2n) is 36.1. The zero-order valence-electron chi connectivity index (χ0n) is 77.5. The zero-order valence-corrected chi connectivity index (χ0v) is 91.8. The highest BCUT2D eigenvalue weighted by molar-refractivity contribution is 9.11. The van der Waals surface area contributed by atoms with Crippen LogP contribution >= 0.6 is 143 Å². The summed E-state index contributed by atoms with van der Waals surface area (Å²) in [5.74, 6) is -10.6. The molecule has 0 aliphatic carbocycles. The minimum atomic E-state index is -1.58. The molecular weight excluding hydrogens is 2260 g/mol. The molecule has 0 aliphatic heterocycles. The van der Waals surface area contributed by atoms with Crippen molar-refractivity contribution < 1.29 is 133 Å². The van der Waals surface area contributed by atoms with E-state index in [1.807, 2.05) is 34.7 Å². The van der Waals surface area contributed by atoms with Crippen LogP contribution in [-0.4, -0.2) is 291 Å². The van der Waals surface area contributed by atoms with Crippen LogP contribution in [0.3, 0.4) is 0 Å². The first kappa shape index (κ1) is 123. The Bertz CT molecular complexity index is 3060. The molecule has 127 heavy (non-hydrogen) atoms. The SMILES string of the molecule is CCC(CC)(COC(CC)(CC)CC(CNC(=O)CCNC(=O)COCC(COC(=O)C(C)(C)Br)(COC(=O)C(C)(C)Br)COC(=O)C(C)(C)Br)(CNC(=O)CCNC(=O)COCC(COC(=O)C(C)(C)Br)(COC(=O)C(C)(C)Br)COC(=O)C(C)(C)Br)CNC(=O)CCNC(=O)COCC(COC(=O)C(C)(C)Br)(COC(=O)C(C)(C)Br)COC(=O)C(C)(C)Br)NC. The fourth-order valence-corrected chi connectivity index (χ4v) is 11.6. The lowest BCUT2D eigenvalue weighted by Gasteiger charge is -2.45. The predicted octanol–water partition coefficient (Wildman–Crippen LogP) is 10.0. The molecule has 0 aromatic heterocycles. The highest BCUT2D eigenvalue weighted by atomic mass is 79.9. The van der Waals surface area contributed by atoms with E-state index in [4.69, 9.17) is 61.6 Å². The third kappa shape index (κ3) is 49.3. The van der Waals surface area contributed by atoms with Gasteiger partial charge < -0.3 is 98.8 Å². The molecule has 0 fully saturated rings. The maximum absolute atomic E-state index is 14.3. The predicted molar refractivity (Wildman–Crippen MR) is 506 cm³/mol. The van der Waals surface area contributed by atoms with Crippen LogP contribution in [0.2, 0.25) is 0 Å². The summed E-state index contributed by atoms with van der Waals surface area (Å²) in [4.78, 5) is 202. The average Bonchev–Trinajstić information content (AvgIpc) is 0.804. The number of hydrogen-bond acceptors (Lipinski definition) is 29. The summed E-state index contributed by atoms with van der Waals surface area (Å²) in [5.41, 5.74) is -7.65. The summed E-state index contributed by atoms with van der Waals surface area (Å²) >= 11 is 29.5. The van der Waals surface area contributed by atoms with Gasteiger partial charge in [0, 0.05) is 69.5 Å². The number of likely N-dealkylation sites (N-methyl/N-ethyl adjacent to an activating group) is 1. The minimum Gasteiger partial charge on any atom is -0.464 e. The Morgan fingerprint density at radius 2 is 0.433 bits per heavy atom. The molecule has 0 rings (SSSR count). The number of nitrogens with one attached hydrogen (secondary N) is 7. The number of amides is 6. The summed E-state index contributed by atoms with van der Waals surface area (Å²) < 4.78 is 65.0. The van der Waals surface area contributed by atoms with Gasteiger partial charge in [-0.2, -0.15) is 0 Å². The monoisotopic (exact) mass is 2390 g/mol. The third-order valence-electron chi connectivity index (χ3n) is 19.4. The molecule has 0 atom stereocenters. The van der Waals surface area contributed by atoms with E-state index in [1.54, 1.807) is 0 Å². The van der Waals surface area contributed by atoms with Gasteiger partial charge in [-0.3, -0.25) is 71.9 Å². The Hall–Kier alpha value is -3.83. The van der Waals surface area contributed by atoms with Gasteiger partial charge in [0.25, 0.3) is 0 Å². The molecule has 35 nitrogen and oxygen atoms in total. The van der Waals surface area contributed by atoms with Crippen molar-refractivity contribution in [3.8, 4) is 0 Å². The van der Waals surface area contributed by atoms with E-state index in [1.165, 1.54) is 125 Å². The van der Waals surface area contributed by atoms with Crippen LogP contribution in [0.25, 0.3) is 0 Å². The van der Waals surface area contributed by atoms with Gasteiger partial charge in [-0.15, -0.1) is 0 Å². The fraction of sp³-hybridized carbons (Fsp3) is 0.819. The molecule has 0 aromatic carbocycles. The number of carbonyl (C=O) groups is 15. The molecule has 7 N–H and O–H groups in total. The van der Waals surface area contributed by atoms with Crippen molar-refractivity contribution in [1.29, 1.82) is 0 Å². The van der Waals surface area contributed by atoms with Crippen molar-refractivity contribution in [2.75, 3.05) is 152 Å². The summed E-state index contributed by atoms with van der Waals surface area (Å²) in [6.45, 7) is 26.1. The first-order valence-corrected chi connectivity index (χ1v) is 48.4. The number of halogens is 9. The molecule has 0 saturated heterocycles. The summed E-state index contributed by atoms with van der Waals surface area (Å²) in [7, 11) is 1.82. The highest BCUT2D eigenvalue weighted by Crippen LogP contribution is 2.39. The van der Waals surface area contributed by atoms with Gasteiger partial charge in [0.1, 0.15) is 118 Å². The molecule has 0 unspecified atom stereocenters. The van der Waals surface area contributed by atoms with Crippen molar-refractivity contribution in [1.82, 2.24) is 37.2 Å². The van der Waals surface area contributed by atoms with Gasteiger partial charge in [-0.1, -0.05) is 171 Å².